The Morgan fingerprint density at radius 1 is 1.03 bits per heavy atom. The normalized spacial score (nSPS) is 13.9. The first-order chi connectivity index (χ1) is 14.9. The van der Waals surface area contributed by atoms with Crippen LogP contribution in [0.25, 0.3) is 0 Å². The zero-order chi connectivity index (χ0) is 21.8. The van der Waals surface area contributed by atoms with Gasteiger partial charge in [-0.1, -0.05) is 75.4 Å². The number of benzene rings is 2. The minimum atomic E-state index is -0.0153. The van der Waals surface area contributed by atoms with Crippen LogP contribution in [-0.4, -0.2) is 12.1 Å². The monoisotopic (exact) mass is 430 g/mol. The molecule has 0 aliphatic heterocycles. The summed E-state index contributed by atoms with van der Waals surface area (Å²) in [6, 6.07) is 18.6. The van der Waals surface area contributed by atoms with Crippen LogP contribution in [0.2, 0.25) is 0 Å². The molecule has 1 aliphatic rings. The van der Waals surface area contributed by atoms with Crippen molar-refractivity contribution in [3.63, 3.8) is 0 Å². The Hall–Kier alpha value is -2.72. The Bertz CT molecular complexity index is 1070. The van der Waals surface area contributed by atoms with Crippen molar-refractivity contribution in [2.75, 3.05) is 0 Å². The molecule has 1 aliphatic carbocycles. The topological polar surface area (TPSA) is 41.5 Å². The Kier molecular flexibility index (Phi) is 6.38. The average Bonchev–Trinajstić information content (AvgIpc) is 3.15. The highest BCUT2D eigenvalue weighted by molar-refractivity contribution is 7.16. The first-order valence-corrected chi connectivity index (χ1v) is 11.8. The summed E-state index contributed by atoms with van der Waals surface area (Å²) in [5, 5.41) is 3.94. The molecule has 0 saturated heterocycles. The number of aryl methyl sites for hydroxylation is 1. The maximum absolute atomic E-state index is 13.2. The third-order valence-corrected chi connectivity index (χ3v) is 6.98. The van der Waals surface area contributed by atoms with Gasteiger partial charge in [0, 0.05) is 17.6 Å². The summed E-state index contributed by atoms with van der Waals surface area (Å²) in [6.07, 6.45) is 6.23. The zero-order valence-electron chi connectivity index (χ0n) is 18.6. The molecule has 4 heteroatoms. The summed E-state index contributed by atoms with van der Waals surface area (Å²) in [7, 11) is 0. The number of aliphatic imine (C=N–C) groups is 1. The highest BCUT2D eigenvalue weighted by Crippen LogP contribution is 2.40. The van der Waals surface area contributed by atoms with Gasteiger partial charge < -0.3 is 5.32 Å². The SMILES string of the molecule is CC(C)(C)c1ccc(C=Nc2sc3c(c2C(=O)NCc2ccccc2)CCCC3)cc1. The number of nitrogens with zero attached hydrogens (tertiary/aromatic N) is 1. The third-order valence-electron chi connectivity index (χ3n) is 5.78. The molecule has 1 aromatic heterocycles. The lowest BCUT2D eigenvalue weighted by molar-refractivity contribution is 0.0951. The summed E-state index contributed by atoms with van der Waals surface area (Å²) in [5.74, 6) is -0.0153. The van der Waals surface area contributed by atoms with Gasteiger partial charge in [-0.15, -0.1) is 11.3 Å². The second-order valence-corrected chi connectivity index (χ2v) is 10.3. The van der Waals surface area contributed by atoms with Crippen molar-refractivity contribution in [2.45, 2.75) is 58.4 Å². The van der Waals surface area contributed by atoms with Crippen LogP contribution in [0.1, 0.15) is 71.1 Å². The third kappa shape index (κ3) is 5.13. The minimum Gasteiger partial charge on any atom is -0.348 e. The molecular weight excluding hydrogens is 400 g/mol. The van der Waals surface area contributed by atoms with E-state index >= 15 is 0 Å². The van der Waals surface area contributed by atoms with Crippen LogP contribution in [0.4, 0.5) is 5.00 Å². The number of hydrogen-bond donors (Lipinski definition) is 1. The smallest absolute Gasteiger partial charge is 0.254 e. The van der Waals surface area contributed by atoms with Crippen molar-refractivity contribution in [1.82, 2.24) is 5.32 Å². The van der Waals surface area contributed by atoms with Crippen LogP contribution in [-0.2, 0) is 24.8 Å². The molecule has 0 saturated carbocycles. The van der Waals surface area contributed by atoms with Gasteiger partial charge >= 0.3 is 0 Å². The molecule has 0 fully saturated rings. The van der Waals surface area contributed by atoms with E-state index in [9.17, 15) is 4.79 Å². The van der Waals surface area contributed by atoms with Gasteiger partial charge in [-0.25, -0.2) is 4.99 Å². The van der Waals surface area contributed by atoms with Gasteiger partial charge in [0.2, 0.25) is 0 Å². The number of carbonyl (C=O) groups is 1. The number of thiophene rings is 1. The van der Waals surface area contributed by atoms with Crippen LogP contribution in [0, 0.1) is 0 Å². The molecule has 0 unspecified atom stereocenters. The van der Waals surface area contributed by atoms with Gasteiger partial charge in [0.15, 0.2) is 0 Å². The first-order valence-electron chi connectivity index (χ1n) is 11.0. The molecule has 0 bridgehead atoms. The molecule has 31 heavy (non-hydrogen) atoms. The predicted molar refractivity (Wildman–Crippen MR) is 131 cm³/mol. The lowest BCUT2D eigenvalue weighted by Crippen LogP contribution is -2.24. The molecule has 160 valence electrons. The van der Waals surface area contributed by atoms with E-state index in [1.54, 1.807) is 11.3 Å². The highest BCUT2D eigenvalue weighted by atomic mass is 32.1. The van der Waals surface area contributed by atoms with Crippen LogP contribution >= 0.6 is 11.3 Å². The second-order valence-electron chi connectivity index (χ2n) is 9.19. The fourth-order valence-corrected chi connectivity index (χ4v) is 5.18. The Morgan fingerprint density at radius 2 is 1.74 bits per heavy atom. The molecular formula is C27H30N2OS. The van der Waals surface area contributed by atoms with Crippen LogP contribution < -0.4 is 5.32 Å². The molecule has 0 atom stereocenters. The van der Waals surface area contributed by atoms with Crippen LogP contribution in [0.15, 0.2) is 59.6 Å². The van der Waals surface area contributed by atoms with E-state index in [-0.39, 0.29) is 11.3 Å². The summed E-state index contributed by atoms with van der Waals surface area (Å²) in [5.41, 5.74) is 5.57. The first kappa shape index (κ1) is 21.5. The Labute approximate surface area is 189 Å². The fourth-order valence-electron chi connectivity index (χ4n) is 3.95. The van der Waals surface area contributed by atoms with Gasteiger partial charge in [0.1, 0.15) is 5.00 Å². The number of carbonyl (C=O) groups excluding carboxylic acids is 1. The number of nitrogens with one attached hydrogen (secondary N) is 1. The number of amides is 1. The summed E-state index contributed by atoms with van der Waals surface area (Å²) < 4.78 is 0. The molecule has 1 N–H and O–H groups in total. The lowest BCUT2D eigenvalue weighted by atomic mass is 9.87. The largest absolute Gasteiger partial charge is 0.348 e. The zero-order valence-corrected chi connectivity index (χ0v) is 19.4. The van der Waals surface area contributed by atoms with Crippen molar-refractivity contribution < 1.29 is 4.79 Å². The van der Waals surface area contributed by atoms with E-state index in [0.29, 0.717) is 6.54 Å². The number of rotatable bonds is 5. The second kappa shape index (κ2) is 9.19. The molecule has 1 amide bonds. The maximum Gasteiger partial charge on any atom is 0.254 e. The van der Waals surface area contributed by atoms with Crippen LogP contribution in [0.3, 0.4) is 0 Å². The molecule has 4 rings (SSSR count). The molecule has 1 heterocycles. The van der Waals surface area contributed by atoms with Gasteiger partial charge in [0.05, 0.1) is 5.56 Å². The maximum atomic E-state index is 13.2. The molecule has 3 nitrogen and oxygen atoms in total. The van der Waals surface area contributed by atoms with E-state index < -0.39 is 0 Å². The lowest BCUT2D eigenvalue weighted by Gasteiger charge is -2.18. The van der Waals surface area contributed by atoms with Gasteiger partial charge in [-0.05, 0) is 53.4 Å². The molecule has 0 spiro atoms. The van der Waals surface area contributed by atoms with Crippen molar-refractivity contribution in [1.29, 1.82) is 0 Å². The predicted octanol–water partition coefficient (Wildman–Crippen LogP) is 6.61. The van der Waals surface area contributed by atoms with Crippen molar-refractivity contribution in [3.05, 3.63) is 87.3 Å². The fraction of sp³-hybridized carbons (Fsp3) is 0.333. The van der Waals surface area contributed by atoms with Gasteiger partial charge in [-0.3, -0.25) is 4.79 Å². The van der Waals surface area contributed by atoms with Crippen molar-refractivity contribution in [2.24, 2.45) is 4.99 Å². The summed E-state index contributed by atoms with van der Waals surface area (Å²) in [6.45, 7) is 7.17. The summed E-state index contributed by atoms with van der Waals surface area (Å²) in [4.78, 5) is 19.3. The van der Waals surface area contributed by atoms with Gasteiger partial charge in [0.25, 0.3) is 5.91 Å². The number of fused-ring (bicyclic) bond motifs is 1. The quantitative estimate of drug-likeness (QED) is 0.455. The Balaban J connectivity index is 1.58. The highest BCUT2D eigenvalue weighted by Gasteiger charge is 2.25. The minimum absolute atomic E-state index is 0.0153. The van der Waals surface area contributed by atoms with E-state index in [0.717, 1.165) is 41.0 Å². The number of hydrogen-bond acceptors (Lipinski definition) is 3. The summed E-state index contributed by atoms with van der Waals surface area (Å²) >= 11 is 1.68. The molecule has 3 aromatic rings. The standard InChI is InChI=1S/C27H30N2OS/c1-27(2,3)21-15-13-20(14-16-21)18-29-26-24(22-11-7-8-12-23(22)31-26)25(30)28-17-19-9-5-4-6-10-19/h4-6,9-10,13-16,18H,7-8,11-12,17H2,1-3H3,(H,28,30). The van der Waals surface area contributed by atoms with Crippen LogP contribution in [0.5, 0.6) is 0 Å². The van der Waals surface area contributed by atoms with Gasteiger partial charge in [-0.2, -0.15) is 0 Å². The van der Waals surface area contributed by atoms with E-state index in [2.05, 4.69) is 50.4 Å². The van der Waals surface area contributed by atoms with Crippen molar-refractivity contribution >= 4 is 28.5 Å². The Morgan fingerprint density at radius 3 is 2.45 bits per heavy atom. The van der Waals surface area contributed by atoms with Crippen molar-refractivity contribution in [3.8, 4) is 0 Å². The van der Waals surface area contributed by atoms with E-state index in [1.807, 2.05) is 36.5 Å². The average molecular weight is 431 g/mol. The molecule has 0 radical (unpaired) electrons. The molecule has 2 aromatic carbocycles. The van der Waals surface area contributed by atoms with E-state index in [4.69, 9.17) is 4.99 Å². The van der Waals surface area contributed by atoms with E-state index in [1.165, 1.54) is 22.4 Å².